The van der Waals surface area contributed by atoms with Crippen LogP contribution in [0.3, 0.4) is 0 Å². The fourth-order valence-electron chi connectivity index (χ4n) is 2.56. The van der Waals surface area contributed by atoms with Crippen LogP contribution in [0.2, 0.25) is 0 Å². The van der Waals surface area contributed by atoms with Crippen molar-refractivity contribution in [3.8, 4) is 0 Å². The third kappa shape index (κ3) is 5.84. The molecule has 4 N–H and O–H groups in total. The molecular formula is C17H26ClN3O2. The Hall–Kier alpha value is -1.59. The SMILES string of the molecule is CC(CN)(NC(=O)CCCNC(=O)c1ccccc1)C1CC1.Cl. The molecule has 23 heavy (non-hydrogen) atoms. The minimum Gasteiger partial charge on any atom is -0.352 e. The van der Waals surface area contributed by atoms with Gasteiger partial charge >= 0.3 is 0 Å². The van der Waals surface area contributed by atoms with E-state index in [1.54, 1.807) is 12.1 Å². The van der Waals surface area contributed by atoms with Crippen LogP contribution in [0.4, 0.5) is 0 Å². The molecule has 0 aliphatic heterocycles. The van der Waals surface area contributed by atoms with Crippen LogP contribution in [0.25, 0.3) is 0 Å². The minimum atomic E-state index is -0.273. The van der Waals surface area contributed by atoms with Gasteiger partial charge in [-0.3, -0.25) is 9.59 Å². The smallest absolute Gasteiger partial charge is 0.251 e. The van der Waals surface area contributed by atoms with E-state index in [0.717, 1.165) is 12.8 Å². The third-order valence-corrected chi connectivity index (χ3v) is 4.23. The van der Waals surface area contributed by atoms with E-state index in [9.17, 15) is 9.59 Å². The van der Waals surface area contributed by atoms with Crippen LogP contribution in [-0.4, -0.2) is 30.4 Å². The lowest BCUT2D eigenvalue weighted by molar-refractivity contribution is -0.123. The first-order valence-electron chi connectivity index (χ1n) is 7.89. The molecule has 1 atom stereocenters. The highest BCUT2D eigenvalue weighted by Gasteiger charge is 2.41. The number of hydrogen-bond acceptors (Lipinski definition) is 3. The Morgan fingerprint density at radius 3 is 2.48 bits per heavy atom. The Balaban J connectivity index is 0.00000264. The zero-order valence-electron chi connectivity index (χ0n) is 13.5. The molecule has 1 aliphatic carbocycles. The highest BCUT2D eigenvalue weighted by molar-refractivity contribution is 5.94. The summed E-state index contributed by atoms with van der Waals surface area (Å²) in [6, 6.07) is 9.06. The largest absolute Gasteiger partial charge is 0.352 e. The van der Waals surface area contributed by atoms with Crippen molar-refractivity contribution in [2.75, 3.05) is 13.1 Å². The Morgan fingerprint density at radius 1 is 1.26 bits per heavy atom. The topological polar surface area (TPSA) is 84.2 Å². The van der Waals surface area contributed by atoms with Crippen molar-refractivity contribution in [1.82, 2.24) is 10.6 Å². The monoisotopic (exact) mass is 339 g/mol. The fraction of sp³-hybridized carbons (Fsp3) is 0.529. The van der Waals surface area contributed by atoms with Crippen molar-refractivity contribution in [3.63, 3.8) is 0 Å². The lowest BCUT2D eigenvalue weighted by Gasteiger charge is -2.29. The molecule has 2 amide bonds. The van der Waals surface area contributed by atoms with Crippen LogP contribution >= 0.6 is 12.4 Å². The van der Waals surface area contributed by atoms with E-state index in [4.69, 9.17) is 5.73 Å². The Morgan fingerprint density at radius 2 is 1.91 bits per heavy atom. The van der Waals surface area contributed by atoms with Gasteiger partial charge in [-0.2, -0.15) is 0 Å². The summed E-state index contributed by atoms with van der Waals surface area (Å²) in [4.78, 5) is 23.8. The van der Waals surface area contributed by atoms with Gasteiger partial charge < -0.3 is 16.4 Å². The van der Waals surface area contributed by atoms with Crippen molar-refractivity contribution in [3.05, 3.63) is 35.9 Å². The van der Waals surface area contributed by atoms with Gasteiger partial charge in [0.15, 0.2) is 0 Å². The molecule has 1 fully saturated rings. The molecule has 0 spiro atoms. The maximum absolute atomic E-state index is 12.0. The summed E-state index contributed by atoms with van der Waals surface area (Å²) in [7, 11) is 0. The molecule has 1 aromatic carbocycles. The normalized spacial score (nSPS) is 15.9. The van der Waals surface area contributed by atoms with Gasteiger partial charge in [-0.05, 0) is 44.2 Å². The van der Waals surface area contributed by atoms with Gasteiger partial charge in [0.25, 0.3) is 5.91 Å². The number of halogens is 1. The highest BCUT2D eigenvalue weighted by Crippen LogP contribution is 2.38. The molecule has 0 aromatic heterocycles. The van der Waals surface area contributed by atoms with Gasteiger partial charge in [0.05, 0.1) is 5.54 Å². The molecule has 2 rings (SSSR count). The second-order valence-electron chi connectivity index (χ2n) is 6.17. The number of hydrogen-bond donors (Lipinski definition) is 3. The summed E-state index contributed by atoms with van der Waals surface area (Å²) in [6.07, 6.45) is 3.30. The average molecular weight is 340 g/mol. The molecule has 6 heteroatoms. The number of amides is 2. The molecule has 1 unspecified atom stereocenters. The predicted octanol–water partition coefficient (Wildman–Crippen LogP) is 1.86. The van der Waals surface area contributed by atoms with Gasteiger partial charge in [0.1, 0.15) is 0 Å². The molecule has 0 radical (unpaired) electrons. The van der Waals surface area contributed by atoms with Gasteiger partial charge in [-0.15, -0.1) is 12.4 Å². The molecule has 5 nitrogen and oxygen atoms in total. The van der Waals surface area contributed by atoms with Crippen LogP contribution in [0, 0.1) is 5.92 Å². The average Bonchev–Trinajstić information content (AvgIpc) is 3.37. The molecule has 0 saturated heterocycles. The van der Waals surface area contributed by atoms with E-state index in [1.807, 2.05) is 25.1 Å². The fourth-order valence-corrected chi connectivity index (χ4v) is 2.56. The Kier molecular flexibility index (Phi) is 7.52. The molecule has 0 heterocycles. The number of benzene rings is 1. The number of nitrogens with one attached hydrogen (secondary N) is 2. The van der Waals surface area contributed by atoms with E-state index in [-0.39, 0.29) is 29.8 Å². The van der Waals surface area contributed by atoms with E-state index < -0.39 is 0 Å². The quantitative estimate of drug-likeness (QED) is 0.632. The van der Waals surface area contributed by atoms with Crippen molar-refractivity contribution < 1.29 is 9.59 Å². The van der Waals surface area contributed by atoms with Crippen LogP contribution in [0.15, 0.2) is 30.3 Å². The second kappa shape index (κ2) is 8.89. The van der Waals surface area contributed by atoms with E-state index in [2.05, 4.69) is 10.6 Å². The molecule has 0 bridgehead atoms. The summed E-state index contributed by atoms with van der Waals surface area (Å²) in [5.41, 5.74) is 6.15. The number of nitrogens with two attached hydrogens (primary N) is 1. The zero-order valence-corrected chi connectivity index (χ0v) is 14.3. The highest BCUT2D eigenvalue weighted by atomic mass is 35.5. The molecular weight excluding hydrogens is 314 g/mol. The first kappa shape index (κ1) is 19.5. The van der Waals surface area contributed by atoms with E-state index in [1.165, 1.54) is 0 Å². The van der Waals surface area contributed by atoms with Crippen LogP contribution < -0.4 is 16.4 Å². The Bertz CT molecular complexity index is 520. The summed E-state index contributed by atoms with van der Waals surface area (Å²) >= 11 is 0. The molecule has 128 valence electrons. The maximum atomic E-state index is 12.0. The van der Waals surface area contributed by atoms with Crippen molar-refractivity contribution >= 4 is 24.2 Å². The van der Waals surface area contributed by atoms with Crippen LogP contribution in [-0.2, 0) is 4.79 Å². The van der Waals surface area contributed by atoms with Crippen molar-refractivity contribution in [2.45, 2.75) is 38.1 Å². The summed E-state index contributed by atoms with van der Waals surface area (Å²) in [6.45, 7) is 2.97. The molecule has 1 aromatic rings. The van der Waals surface area contributed by atoms with Crippen molar-refractivity contribution in [1.29, 1.82) is 0 Å². The van der Waals surface area contributed by atoms with Crippen LogP contribution in [0.5, 0.6) is 0 Å². The number of carbonyl (C=O) groups excluding carboxylic acids is 2. The van der Waals surface area contributed by atoms with Gasteiger partial charge in [-0.1, -0.05) is 18.2 Å². The first-order chi connectivity index (χ1) is 10.5. The first-order valence-corrected chi connectivity index (χ1v) is 7.89. The number of rotatable bonds is 8. The second-order valence-corrected chi connectivity index (χ2v) is 6.17. The van der Waals surface area contributed by atoms with E-state index in [0.29, 0.717) is 37.4 Å². The molecule has 1 aliphatic rings. The summed E-state index contributed by atoms with van der Waals surface area (Å²) < 4.78 is 0. The lowest BCUT2D eigenvalue weighted by Crippen LogP contribution is -2.53. The lowest BCUT2D eigenvalue weighted by atomic mass is 9.95. The Labute approximate surface area is 143 Å². The van der Waals surface area contributed by atoms with Gasteiger partial charge in [-0.25, -0.2) is 0 Å². The third-order valence-electron chi connectivity index (χ3n) is 4.23. The summed E-state index contributed by atoms with van der Waals surface area (Å²) in [5.74, 6) is 0.416. The van der Waals surface area contributed by atoms with Gasteiger partial charge in [0, 0.05) is 25.1 Å². The van der Waals surface area contributed by atoms with E-state index >= 15 is 0 Å². The zero-order chi connectivity index (χ0) is 16.0. The standard InChI is InChI=1S/C17H25N3O2.ClH/c1-17(12-18,14-9-10-14)20-15(21)8-5-11-19-16(22)13-6-3-2-4-7-13;/h2-4,6-7,14H,5,8-12,18H2,1H3,(H,19,22)(H,20,21);1H. The van der Waals surface area contributed by atoms with Gasteiger partial charge in [0.2, 0.25) is 5.91 Å². The summed E-state index contributed by atoms with van der Waals surface area (Å²) in [5, 5.41) is 5.87. The maximum Gasteiger partial charge on any atom is 0.251 e. The van der Waals surface area contributed by atoms with Crippen LogP contribution in [0.1, 0.15) is 43.0 Å². The minimum absolute atomic E-state index is 0. The predicted molar refractivity (Wildman–Crippen MR) is 93.6 cm³/mol. The molecule has 1 saturated carbocycles. The number of carbonyl (C=O) groups is 2. The van der Waals surface area contributed by atoms with Crippen molar-refractivity contribution in [2.24, 2.45) is 11.7 Å².